The van der Waals surface area contributed by atoms with Crippen molar-refractivity contribution in [2.45, 2.75) is 47.2 Å². The molecule has 1 N–H and O–H groups in total. The molecule has 0 unspecified atom stereocenters. The minimum Gasteiger partial charge on any atom is -0.467 e. The second-order valence-electron chi connectivity index (χ2n) is 4.85. The van der Waals surface area contributed by atoms with Gasteiger partial charge in [0.05, 0.1) is 0 Å². The first kappa shape index (κ1) is 15.0. The quantitative estimate of drug-likeness (QED) is 0.596. The van der Waals surface area contributed by atoms with Crippen molar-refractivity contribution in [2.24, 2.45) is 0 Å². The molecule has 1 aromatic rings. The zero-order valence-electron chi connectivity index (χ0n) is 12.2. The summed E-state index contributed by atoms with van der Waals surface area (Å²) >= 11 is 0. The summed E-state index contributed by atoms with van der Waals surface area (Å²) < 4.78 is 10.9. The lowest BCUT2D eigenvalue weighted by Gasteiger charge is -2.15. The molecule has 0 amide bonds. The van der Waals surface area contributed by atoms with Gasteiger partial charge in [0.25, 0.3) is 0 Å². The van der Waals surface area contributed by atoms with Gasteiger partial charge in [-0.3, -0.25) is 0 Å². The molecule has 0 aromatic heterocycles. The summed E-state index contributed by atoms with van der Waals surface area (Å²) in [6, 6.07) is 4.84. The average Bonchev–Trinajstić information content (AvgIpc) is 2.30. The number of benzene rings is 1. The van der Waals surface area contributed by atoms with E-state index in [1.165, 1.54) is 5.56 Å². The van der Waals surface area contributed by atoms with E-state index < -0.39 is 0 Å². The third kappa shape index (κ3) is 4.67. The van der Waals surface area contributed by atoms with Crippen molar-refractivity contribution < 1.29 is 9.47 Å². The third-order valence-corrected chi connectivity index (χ3v) is 2.73. The van der Waals surface area contributed by atoms with Crippen LogP contribution in [0.2, 0.25) is 0 Å². The summed E-state index contributed by atoms with van der Waals surface area (Å²) in [6.07, 6.45) is 0. The highest BCUT2D eigenvalue weighted by molar-refractivity contribution is 5.43. The van der Waals surface area contributed by atoms with Crippen LogP contribution in [0, 0.1) is 13.8 Å². The largest absolute Gasteiger partial charge is 0.467 e. The van der Waals surface area contributed by atoms with Crippen LogP contribution < -0.4 is 10.1 Å². The summed E-state index contributed by atoms with van der Waals surface area (Å²) in [4.78, 5) is 0. The lowest BCUT2D eigenvalue weighted by atomic mass is 10.1. The molecule has 0 aliphatic carbocycles. The van der Waals surface area contributed by atoms with Crippen molar-refractivity contribution in [1.82, 2.24) is 5.32 Å². The van der Waals surface area contributed by atoms with Gasteiger partial charge in [0.1, 0.15) is 5.75 Å². The first-order chi connectivity index (χ1) is 8.54. The maximum atomic E-state index is 5.65. The number of hydrogen-bond acceptors (Lipinski definition) is 3. The molecule has 1 aromatic carbocycles. The minimum atomic E-state index is 0.321. The van der Waals surface area contributed by atoms with E-state index >= 15 is 0 Å². The number of ether oxygens (including phenoxy) is 2. The van der Waals surface area contributed by atoms with Gasteiger partial charge < -0.3 is 14.8 Å². The van der Waals surface area contributed by atoms with Gasteiger partial charge in [-0.15, -0.1) is 0 Å². The molecule has 0 radical (unpaired) electrons. The number of hydrogen-bond donors (Lipinski definition) is 1. The molecule has 0 aliphatic rings. The Morgan fingerprint density at radius 1 is 1.17 bits per heavy atom. The molecule has 0 heterocycles. The van der Waals surface area contributed by atoms with Gasteiger partial charge in [-0.1, -0.05) is 26.0 Å². The van der Waals surface area contributed by atoms with Crippen LogP contribution in [0.3, 0.4) is 0 Å². The van der Waals surface area contributed by atoms with Gasteiger partial charge in [-0.25, -0.2) is 0 Å². The highest BCUT2D eigenvalue weighted by Gasteiger charge is 2.06. The maximum Gasteiger partial charge on any atom is 0.189 e. The summed E-state index contributed by atoms with van der Waals surface area (Å²) in [7, 11) is 0. The number of rotatable bonds is 7. The second-order valence-corrected chi connectivity index (χ2v) is 4.85. The molecular formula is C15H25NO2. The van der Waals surface area contributed by atoms with Crippen LogP contribution in [0.1, 0.15) is 37.5 Å². The van der Waals surface area contributed by atoms with Gasteiger partial charge >= 0.3 is 0 Å². The monoisotopic (exact) mass is 251 g/mol. The van der Waals surface area contributed by atoms with Crippen molar-refractivity contribution >= 4 is 0 Å². The van der Waals surface area contributed by atoms with Crippen molar-refractivity contribution in [3.05, 3.63) is 28.8 Å². The average molecular weight is 251 g/mol. The Kier molecular flexibility index (Phi) is 6.16. The van der Waals surface area contributed by atoms with Crippen LogP contribution in [0.5, 0.6) is 5.75 Å². The van der Waals surface area contributed by atoms with E-state index in [1.54, 1.807) is 0 Å². The molecule has 0 spiro atoms. The van der Waals surface area contributed by atoms with Crippen LogP contribution >= 0.6 is 0 Å². The molecule has 3 nitrogen and oxygen atoms in total. The lowest BCUT2D eigenvalue weighted by Crippen LogP contribution is -2.22. The molecule has 0 atom stereocenters. The molecule has 0 saturated heterocycles. The van der Waals surface area contributed by atoms with E-state index in [4.69, 9.17) is 9.47 Å². The predicted molar refractivity (Wildman–Crippen MR) is 75.0 cm³/mol. The Labute approximate surface area is 110 Å². The zero-order valence-corrected chi connectivity index (χ0v) is 12.2. The van der Waals surface area contributed by atoms with Gasteiger partial charge in [0.15, 0.2) is 6.79 Å². The van der Waals surface area contributed by atoms with Gasteiger partial charge in [-0.05, 0) is 37.5 Å². The summed E-state index contributed by atoms with van der Waals surface area (Å²) in [6.45, 7) is 12.3. The Morgan fingerprint density at radius 2 is 1.78 bits per heavy atom. The van der Waals surface area contributed by atoms with E-state index in [0.717, 1.165) is 23.4 Å². The molecule has 102 valence electrons. The van der Waals surface area contributed by atoms with Crippen LogP contribution in [0.15, 0.2) is 12.1 Å². The van der Waals surface area contributed by atoms with Gasteiger partial charge in [0, 0.05) is 19.2 Å². The molecule has 0 aliphatic heterocycles. The van der Waals surface area contributed by atoms with Gasteiger partial charge in [0.2, 0.25) is 0 Å². The van der Waals surface area contributed by atoms with E-state index in [2.05, 4.69) is 45.1 Å². The van der Waals surface area contributed by atoms with Crippen LogP contribution in [-0.4, -0.2) is 19.4 Å². The molecule has 0 saturated carbocycles. The molecule has 3 heteroatoms. The van der Waals surface area contributed by atoms with E-state index in [-0.39, 0.29) is 0 Å². The Bertz CT molecular complexity index is 352. The van der Waals surface area contributed by atoms with Crippen molar-refractivity contribution in [2.75, 3.05) is 13.4 Å². The van der Waals surface area contributed by atoms with E-state index in [0.29, 0.717) is 19.4 Å². The number of nitrogens with one attached hydrogen (secondary N) is 1. The van der Waals surface area contributed by atoms with Crippen molar-refractivity contribution in [3.63, 3.8) is 0 Å². The minimum absolute atomic E-state index is 0.321. The van der Waals surface area contributed by atoms with Crippen LogP contribution in [-0.2, 0) is 11.3 Å². The molecule has 18 heavy (non-hydrogen) atoms. The summed E-state index contributed by atoms with van der Waals surface area (Å²) in [5.41, 5.74) is 3.62. The SMILES string of the molecule is CCOCOc1c(C)cc(CNC(C)C)cc1C. The molecular weight excluding hydrogens is 226 g/mol. The highest BCUT2D eigenvalue weighted by atomic mass is 16.7. The standard InChI is InChI=1S/C15H25NO2/c1-6-17-10-18-15-12(4)7-14(8-13(15)5)9-16-11(2)3/h7-8,11,16H,6,9-10H2,1-5H3. The summed E-state index contributed by atoms with van der Waals surface area (Å²) in [5, 5.41) is 3.42. The Hall–Kier alpha value is -1.06. The molecule has 1 rings (SSSR count). The maximum absolute atomic E-state index is 5.65. The highest BCUT2D eigenvalue weighted by Crippen LogP contribution is 2.24. The fourth-order valence-electron chi connectivity index (χ4n) is 1.88. The molecule has 0 bridgehead atoms. The normalized spacial score (nSPS) is 11.0. The lowest BCUT2D eigenvalue weighted by molar-refractivity contribution is 0.0216. The first-order valence-corrected chi connectivity index (χ1v) is 6.58. The van der Waals surface area contributed by atoms with Crippen LogP contribution in [0.4, 0.5) is 0 Å². The summed E-state index contributed by atoms with van der Waals surface area (Å²) in [5.74, 6) is 0.941. The first-order valence-electron chi connectivity index (χ1n) is 6.58. The smallest absolute Gasteiger partial charge is 0.189 e. The van der Waals surface area contributed by atoms with Gasteiger partial charge in [-0.2, -0.15) is 0 Å². The van der Waals surface area contributed by atoms with E-state index in [9.17, 15) is 0 Å². The second kappa shape index (κ2) is 7.39. The topological polar surface area (TPSA) is 30.5 Å². The van der Waals surface area contributed by atoms with E-state index in [1.807, 2.05) is 6.92 Å². The predicted octanol–water partition coefficient (Wildman–Crippen LogP) is 3.17. The third-order valence-electron chi connectivity index (χ3n) is 2.73. The van der Waals surface area contributed by atoms with Crippen molar-refractivity contribution in [1.29, 1.82) is 0 Å². The fourth-order valence-corrected chi connectivity index (χ4v) is 1.88. The molecule has 0 fully saturated rings. The number of aryl methyl sites for hydroxylation is 2. The van der Waals surface area contributed by atoms with Crippen molar-refractivity contribution in [3.8, 4) is 5.75 Å². The zero-order chi connectivity index (χ0) is 13.5. The fraction of sp³-hybridized carbons (Fsp3) is 0.600. The Morgan fingerprint density at radius 3 is 2.28 bits per heavy atom. The van der Waals surface area contributed by atoms with Crippen LogP contribution in [0.25, 0.3) is 0 Å². The Balaban J connectivity index is 2.71.